The molecule has 0 bridgehead atoms. The van der Waals surface area contributed by atoms with Crippen LogP contribution in [0.5, 0.6) is 5.75 Å². The molecule has 0 radical (unpaired) electrons. The number of hydrogen-bond donors (Lipinski definition) is 6. The van der Waals surface area contributed by atoms with Crippen molar-refractivity contribution in [3.05, 3.63) is 77.9 Å². The van der Waals surface area contributed by atoms with E-state index in [9.17, 15) is 5.11 Å². The fourth-order valence-electron chi connectivity index (χ4n) is 3.43. The summed E-state index contributed by atoms with van der Waals surface area (Å²) in [6.45, 7) is 2.62. The Labute approximate surface area is 182 Å². The van der Waals surface area contributed by atoms with Crippen LogP contribution < -0.4 is 33.6 Å². The van der Waals surface area contributed by atoms with Crippen molar-refractivity contribution in [1.82, 2.24) is 0 Å². The van der Waals surface area contributed by atoms with Crippen molar-refractivity contribution < 1.29 is 9.84 Å². The third-order valence-corrected chi connectivity index (χ3v) is 5.22. The molecule has 8 heteroatoms. The van der Waals surface area contributed by atoms with Crippen LogP contribution in [0.4, 0.5) is 22.7 Å². The largest absolute Gasteiger partial charge is 0.506 e. The lowest BCUT2D eigenvalue weighted by molar-refractivity contribution is 0.123. The number of nitrogens with two attached hydrogens (primary N) is 5. The van der Waals surface area contributed by atoms with E-state index in [0.29, 0.717) is 43.4 Å². The summed E-state index contributed by atoms with van der Waals surface area (Å²) in [6, 6.07) is 20.8. The lowest BCUT2D eigenvalue weighted by Crippen LogP contribution is -2.46. The normalized spacial score (nSPS) is 13.9. The van der Waals surface area contributed by atoms with E-state index >= 15 is 0 Å². The van der Waals surface area contributed by atoms with Crippen molar-refractivity contribution in [3.8, 4) is 5.75 Å². The molecule has 0 saturated carbocycles. The summed E-state index contributed by atoms with van der Waals surface area (Å²) in [4.78, 5) is 1.98. The zero-order valence-corrected chi connectivity index (χ0v) is 17.4. The molecule has 164 valence electrons. The second kappa shape index (κ2) is 9.57. The van der Waals surface area contributed by atoms with E-state index in [-0.39, 0.29) is 11.4 Å². The minimum Gasteiger partial charge on any atom is -0.506 e. The molecule has 4 rings (SSSR count). The molecular weight excluding hydrogens is 392 g/mol. The quantitative estimate of drug-likeness (QED) is 0.161. The van der Waals surface area contributed by atoms with Gasteiger partial charge in [0.1, 0.15) is 11.4 Å². The lowest BCUT2D eigenvalue weighted by Gasteiger charge is -2.31. The zero-order chi connectivity index (χ0) is 22.4. The van der Waals surface area contributed by atoms with E-state index in [1.54, 1.807) is 0 Å². The molecule has 3 aromatic carbocycles. The highest BCUT2D eigenvalue weighted by Crippen LogP contribution is 2.41. The van der Waals surface area contributed by atoms with E-state index in [2.05, 4.69) is 0 Å². The SMILES string of the molecule is NC(N)(c1ccccc1)c1ccccc1.Nc1cc(O)c(N)c(N2CCOCC2)c1N. The van der Waals surface area contributed by atoms with Crippen LogP contribution in [0.1, 0.15) is 11.1 Å². The molecule has 1 aliphatic rings. The van der Waals surface area contributed by atoms with E-state index < -0.39 is 5.66 Å². The van der Waals surface area contributed by atoms with Gasteiger partial charge in [-0.2, -0.15) is 0 Å². The summed E-state index contributed by atoms with van der Waals surface area (Å²) >= 11 is 0. The van der Waals surface area contributed by atoms with Gasteiger partial charge in [0, 0.05) is 19.2 Å². The molecule has 0 amide bonds. The molecule has 31 heavy (non-hydrogen) atoms. The fourth-order valence-corrected chi connectivity index (χ4v) is 3.43. The molecular formula is C23H30N6O2. The van der Waals surface area contributed by atoms with Gasteiger partial charge in [0.25, 0.3) is 0 Å². The molecule has 0 atom stereocenters. The van der Waals surface area contributed by atoms with E-state index in [1.807, 2.05) is 65.6 Å². The van der Waals surface area contributed by atoms with Crippen molar-refractivity contribution in [2.75, 3.05) is 48.4 Å². The Kier molecular flexibility index (Phi) is 6.86. The number of nitrogen functional groups attached to an aromatic ring is 3. The smallest absolute Gasteiger partial charge is 0.142 e. The molecule has 1 aliphatic heterocycles. The summed E-state index contributed by atoms with van der Waals surface area (Å²) in [6.07, 6.45) is 0. The van der Waals surface area contributed by atoms with Crippen molar-refractivity contribution in [2.24, 2.45) is 11.5 Å². The summed E-state index contributed by atoms with van der Waals surface area (Å²) in [5.41, 5.74) is 32.2. The van der Waals surface area contributed by atoms with E-state index in [1.165, 1.54) is 6.07 Å². The molecule has 0 spiro atoms. The Bertz CT molecular complexity index is 922. The van der Waals surface area contributed by atoms with Crippen LogP contribution in [0.25, 0.3) is 0 Å². The molecule has 1 saturated heterocycles. The molecule has 1 fully saturated rings. The highest BCUT2D eigenvalue weighted by atomic mass is 16.5. The van der Waals surface area contributed by atoms with Gasteiger partial charge in [0.05, 0.1) is 36.0 Å². The lowest BCUT2D eigenvalue weighted by atomic mass is 9.93. The summed E-state index contributed by atoms with van der Waals surface area (Å²) in [5.74, 6) is -0.0341. The number of anilines is 4. The molecule has 0 aromatic heterocycles. The highest BCUT2D eigenvalue weighted by Gasteiger charge is 2.23. The first kappa shape index (κ1) is 22.2. The van der Waals surface area contributed by atoms with Crippen LogP contribution in [0.15, 0.2) is 66.7 Å². The van der Waals surface area contributed by atoms with Crippen molar-refractivity contribution in [3.63, 3.8) is 0 Å². The van der Waals surface area contributed by atoms with Gasteiger partial charge in [-0.05, 0) is 11.1 Å². The Hall–Kier alpha value is -3.46. The Morgan fingerprint density at radius 3 is 1.74 bits per heavy atom. The van der Waals surface area contributed by atoms with Gasteiger partial charge in [-0.25, -0.2) is 0 Å². The molecule has 0 unspecified atom stereocenters. The maximum atomic E-state index is 9.62. The first-order valence-corrected chi connectivity index (χ1v) is 10.00. The number of phenols is 1. The number of aromatic hydroxyl groups is 1. The average Bonchev–Trinajstić information content (AvgIpc) is 2.80. The maximum absolute atomic E-state index is 9.62. The van der Waals surface area contributed by atoms with Crippen molar-refractivity contribution in [1.29, 1.82) is 0 Å². The maximum Gasteiger partial charge on any atom is 0.142 e. The molecule has 11 N–H and O–H groups in total. The Morgan fingerprint density at radius 2 is 1.26 bits per heavy atom. The van der Waals surface area contributed by atoms with Crippen molar-refractivity contribution >= 4 is 22.7 Å². The third kappa shape index (κ3) is 5.00. The van der Waals surface area contributed by atoms with Gasteiger partial charge >= 0.3 is 0 Å². The summed E-state index contributed by atoms with van der Waals surface area (Å²) in [7, 11) is 0. The molecule has 0 aliphatic carbocycles. The summed E-state index contributed by atoms with van der Waals surface area (Å²) in [5, 5.41) is 9.62. The third-order valence-electron chi connectivity index (χ3n) is 5.22. The highest BCUT2D eigenvalue weighted by molar-refractivity contribution is 5.92. The van der Waals surface area contributed by atoms with Crippen LogP contribution in [0.3, 0.4) is 0 Å². The van der Waals surface area contributed by atoms with Crippen LogP contribution in [-0.2, 0) is 10.4 Å². The number of nitrogens with zero attached hydrogens (tertiary/aromatic N) is 1. The number of benzene rings is 3. The molecule has 8 nitrogen and oxygen atoms in total. The van der Waals surface area contributed by atoms with Gasteiger partial charge in [-0.1, -0.05) is 60.7 Å². The number of morpholine rings is 1. The average molecular weight is 423 g/mol. The van der Waals surface area contributed by atoms with Gasteiger partial charge < -0.3 is 43.4 Å². The van der Waals surface area contributed by atoms with E-state index in [4.69, 9.17) is 33.4 Å². The van der Waals surface area contributed by atoms with Gasteiger partial charge in [-0.3, -0.25) is 0 Å². The predicted octanol–water partition coefficient (Wildman–Crippen LogP) is 1.78. The minimum absolute atomic E-state index is 0.0341. The number of phenolic OH excluding ortho intramolecular Hbond substituents is 1. The number of hydrogen-bond acceptors (Lipinski definition) is 8. The Morgan fingerprint density at radius 1 is 0.774 bits per heavy atom. The second-order valence-corrected chi connectivity index (χ2v) is 7.36. The van der Waals surface area contributed by atoms with Gasteiger partial charge in [0.15, 0.2) is 0 Å². The van der Waals surface area contributed by atoms with Gasteiger partial charge in [0.2, 0.25) is 0 Å². The van der Waals surface area contributed by atoms with Gasteiger partial charge in [-0.15, -0.1) is 0 Å². The fraction of sp³-hybridized carbons (Fsp3) is 0.217. The number of rotatable bonds is 3. The van der Waals surface area contributed by atoms with Crippen molar-refractivity contribution in [2.45, 2.75) is 5.66 Å². The number of ether oxygens (including phenoxy) is 1. The molecule has 3 aromatic rings. The first-order chi connectivity index (χ1) is 14.8. The molecule has 1 heterocycles. The van der Waals surface area contributed by atoms with Crippen LogP contribution in [0.2, 0.25) is 0 Å². The summed E-state index contributed by atoms with van der Waals surface area (Å²) < 4.78 is 5.24. The zero-order valence-electron chi connectivity index (χ0n) is 17.4. The standard InChI is InChI=1S/C13H14N2.C10H16N4O2/c14-13(15,11-7-3-1-4-8-11)12-9-5-2-6-10-12;11-6-5-7(15)9(13)10(8(6)12)14-1-3-16-4-2-14/h1-10H,14-15H2;5,15H,1-4,11-13H2. The first-order valence-electron chi connectivity index (χ1n) is 10.00. The topological polar surface area (TPSA) is 163 Å². The minimum atomic E-state index is -0.914. The monoisotopic (exact) mass is 422 g/mol. The van der Waals surface area contributed by atoms with Crippen LogP contribution >= 0.6 is 0 Å². The Balaban J connectivity index is 0.000000176. The van der Waals surface area contributed by atoms with Crippen LogP contribution in [-0.4, -0.2) is 31.4 Å². The predicted molar refractivity (Wildman–Crippen MR) is 126 cm³/mol. The van der Waals surface area contributed by atoms with Crippen LogP contribution in [0, 0.1) is 0 Å². The second-order valence-electron chi connectivity index (χ2n) is 7.36. The van der Waals surface area contributed by atoms with E-state index in [0.717, 1.165) is 11.1 Å².